The van der Waals surface area contributed by atoms with E-state index in [-0.39, 0.29) is 11.7 Å². The molecule has 1 aromatic rings. The van der Waals surface area contributed by atoms with Crippen molar-refractivity contribution in [3.05, 3.63) is 35.4 Å². The lowest BCUT2D eigenvalue weighted by atomic mass is 9.84. The molecule has 1 N–H and O–H groups in total. The third-order valence-corrected chi connectivity index (χ3v) is 6.31. The molecule has 172 valence electrons. The molecule has 0 saturated carbocycles. The summed E-state index contributed by atoms with van der Waals surface area (Å²) in [6.07, 6.45) is 7.87. The van der Waals surface area contributed by atoms with Crippen molar-refractivity contribution in [2.45, 2.75) is 63.8 Å². The van der Waals surface area contributed by atoms with Gasteiger partial charge in [0.2, 0.25) is 5.91 Å². The molecule has 1 spiro atoms. The molecule has 0 radical (unpaired) electrons. The molecule has 0 bridgehead atoms. The van der Waals surface area contributed by atoms with Crippen molar-refractivity contribution in [3.8, 4) is 5.75 Å². The second kappa shape index (κ2) is 9.83. The van der Waals surface area contributed by atoms with Gasteiger partial charge in [-0.25, -0.2) is 10.3 Å². The minimum Gasteiger partial charge on any atom is -0.486 e. The van der Waals surface area contributed by atoms with Crippen LogP contribution >= 0.6 is 0 Å². The molecule has 1 aromatic carbocycles. The first-order valence-electron chi connectivity index (χ1n) is 11.3. The number of ketones is 1. The number of Topliss-reactive ketones (excluding diaryl/α,β-unsaturated/α-hetero) is 1. The second-order valence-electron chi connectivity index (χ2n) is 8.71. The Morgan fingerprint density at radius 1 is 1.22 bits per heavy atom. The molecule has 3 aliphatic rings. The predicted molar refractivity (Wildman–Crippen MR) is 117 cm³/mol. The number of hydrogen-bond acceptors (Lipinski definition) is 6. The zero-order valence-electron chi connectivity index (χ0n) is 18.4. The fraction of sp³-hybridized carbons (Fsp3) is 0.542. The van der Waals surface area contributed by atoms with E-state index in [0.717, 1.165) is 37.7 Å². The van der Waals surface area contributed by atoms with Gasteiger partial charge in [0.05, 0.1) is 12.0 Å². The van der Waals surface area contributed by atoms with Crippen LogP contribution in [0.15, 0.2) is 24.3 Å². The molecule has 4 rings (SSSR count). The van der Waals surface area contributed by atoms with E-state index in [1.54, 1.807) is 25.1 Å². The number of benzene rings is 1. The van der Waals surface area contributed by atoms with E-state index in [1.807, 2.05) is 11.0 Å². The third kappa shape index (κ3) is 5.37. The molecular formula is C24H30N2O6. The van der Waals surface area contributed by atoms with E-state index in [2.05, 4.69) is 5.48 Å². The number of hydrogen-bond donors (Lipinski definition) is 1. The Bertz CT molecular complexity index is 908. The molecule has 2 saturated heterocycles. The molecule has 3 heterocycles. The molecule has 8 nitrogen and oxygen atoms in total. The van der Waals surface area contributed by atoms with Crippen LogP contribution in [0.2, 0.25) is 0 Å². The molecule has 8 heteroatoms. The molecule has 32 heavy (non-hydrogen) atoms. The van der Waals surface area contributed by atoms with Crippen molar-refractivity contribution in [3.63, 3.8) is 0 Å². The fourth-order valence-electron chi connectivity index (χ4n) is 4.51. The second-order valence-corrected chi connectivity index (χ2v) is 8.71. The Morgan fingerprint density at radius 3 is 2.88 bits per heavy atom. The first kappa shape index (κ1) is 22.5. The highest BCUT2D eigenvalue weighted by Crippen LogP contribution is 2.39. The number of nitrogens with zero attached hydrogens (tertiary/aromatic N) is 1. The molecule has 3 aliphatic heterocycles. The standard InChI is InChI=1S/C24H30N2O6/c1-17(27)26-12-4-10-24(11-13-26)16-20(28)19-15-18(6-8-21(19)31-24)7-9-22(29)25-32-23-5-2-3-14-30-23/h6-9,15,23H,2-5,10-14,16H2,1H3,(H,25,29). The maximum absolute atomic E-state index is 13.0. The number of carbonyl (C=O) groups excluding carboxylic acids is 3. The predicted octanol–water partition coefficient (Wildman–Crippen LogP) is 3.01. The highest BCUT2D eigenvalue weighted by Gasteiger charge is 2.41. The molecule has 2 atom stereocenters. The highest BCUT2D eigenvalue weighted by atomic mass is 16.8. The lowest BCUT2D eigenvalue weighted by molar-refractivity contribution is -0.198. The van der Waals surface area contributed by atoms with Gasteiger partial charge in [-0.3, -0.25) is 14.4 Å². The largest absolute Gasteiger partial charge is 0.486 e. The maximum atomic E-state index is 13.0. The average Bonchev–Trinajstić information content (AvgIpc) is 2.99. The van der Waals surface area contributed by atoms with E-state index >= 15 is 0 Å². The Morgan fingerprint density at radius 2 is 2.09 bits per heavy atom. The van der Waals surface area contributed by atoms with Crippen molar-refractivity contribution < 1.29 is 28.7 Å². The number of hydroxylamine groups is 1. The highest BCUT2D eigenvalue weighted by molar-refractivity contribution is 6.01. The van der Waals surface area contributed by atoms with Crippen molar-refractivity contribution in [2.75, 3.05) is 19.7 Å². The number of carbonyl (C=O) groups is 3. The van der Waals surface area contributed by atoms with Crippen molar-refractivity contribution in [2.24, 2.45) is 0 Å². The van der Waals surface area contributed by atoms with Gasteiger partial charge < -0.3 is 14.4 Å². The van der Waals surface area contributed by atoms with Gasteiger partial charge in [-0.1, -0.05) is 6.07 Å². The quantitative estimate of drug-likeness (QED) is 0.569. The number of nitrogens with one attached hydrogen (secondary N) is 1. The van der Waals surface area contributed by atoms with Crippen LogP contribution in [0.5, 0.6) is 5.75 Å². The first-order valence-corrected chi connectivity index (χ1v) is 11.3. The Hall–Kier alpha value is -2.71. The third-order valence-electron chi connectivity index (χ3n) is 6.31. The van der Waals surface area contributed by atoms with E-state index in [1.165, 1.54) is 6.08 Å². The number of ether oxygens (including phenoxy) is 2. The van der Waals surface area contributed by atoms with E-state index in [0.29, 0.717) is 43.9 Å². The van der Waals surface area contributed by atoms with Crippen molar-refractivity contribution in [1.82, 2.24) is 10.4 Å². The maximum Gasteiger partial charge on any atom is 0.267 e. The molecule has 2 unspecified atom stereocenters. The Kier molecular flexibility index (Phi) is 6.91. The van der Waals surface area contributed by atoms with Crippen LogP contribution in [0.25, 0.3) is 6.08 Å². The van der Waals surface area contributed by atoms with Crippen molar-refractivity contribution in [1.29, 1.82) is 0 Å². The zero-order valence-corrected chi connectivity index (χ0v) is 18.4. The smallest absolute Gasteiger partial charge is 0.267 e. The van der Waals surface area contributed by atoms with E-state index < -0.39 is 17.8 Å². The topological polar surface area (TPSA) is 94.2 Å². The van der Waals surface area contributed by atoms with Crippen molar-refractivity contribution >= 4 is 23.7 Å². The lowest BCUT2D eigenvalue weighted by Gasteiger charge is -2.37. The van der Waals surface area contributed by atoms with Gasteiger partial charge in [0.1, 0.15) is 11.4 Å². The number of amides is 2. The zero-order chi connectivity index (χ0) is 22.6. The van der Waals surface area contributed by atoms with Gasteiger partial charge in [-0.05, 0) is 49.5 Å². The summed E-state index contributed by atoms with van der Waals surface area (Å²) < 4.78 is 11.7. The van der Waals surface area contributed by atoms with Gasteiger partial charge in [0.15, 0.2) is 12.1 Å². The lowest BCUT2D eigenvalue weighted by Crippen LogP contribution is -2.43. The van der Waals surface area contributed by atoms with E-state index in [9.17, 15) is 14.4 Å². The van der Waals surface area contributed by atoms with Crippen LogP contribution in [0.1, 0.15) is 67.8 Å². The van der Waals surface area contributed by atoms with Crippen LogP contribution in [-0.2, 0) is 19.2 Å². The number of rotatable bonds is 4. The molecule has 2 amide bonds. The summed E-state index contributed by atoms with van der Waals surface area (Å²) in [6, 6.07) is 5.35. The average molecular weight is 443 g/mol. The van der Waals surface area contributed by atoms with Crippen LogP contribution in [0.4, 0.5) is 0 Å². The summed E-state index contributed by atoms with van der Waals surface area (Å²) in [6.45, 7) is 3.51. The minimum absolute atomic E-state index is 0.0278. The molecule has 0 aromatic heterocycles. The van der Waals surface area contributed by atoms with Gasteiger partial charge in [-0.2, -0.15) is 0 Å². The Labute approximate surface area is 187 Å². The normalized spacial score (nSPS) is 25.8. The monoisotopic (exact) mass is 442 g/mol. The number of likely N-dealkylation sites (tertiary alicyclic amines) is 1. The summed E-state index contributed by atoms with van der Waals surface area (Å²) in [5.41, 5.74) is 3.08. The molecule has 0 aliphatic carbocycles. The summed E-state index contributed by atoms with van der Waals surface area (Å²) in [7, 11) is 0. The Balaban J connectivity index is 1.38. The fourth-order valence-corrected chi connectivity index (χ4v) is 4.51. The van der Waals surface area contributed by atoms with Crippen LogP contribution in [0.3, 0.4) is 0 Å². The van der Waals surface area contributed by atoms with Crippen LogP contribution in [-0.4, -0.2) is 54.1 Å². The molecule has 2 fully saturated rings. The number of fused-ring (bicyclic) bond motifs is 1. The van der Waals surface area contributed by atoms with Crippen LogP contribution < -0.4 is 10.2 Å². The first-order chi connectivity index (χ1) is 15.4. The summed E-state index contributed by atoms with van der Waals surface area (Å²) in [5.74, 6) is 0.255. The van der Waals surface area contributed by atoms with Gasteiger partial charge in [0.25, 0.3) is 5.91 Å². The van der Waals surface area contributed by atoms with Gasteiger partial charge in [-0.15, -0.1) is 0 Å². The van der Waals surface area contributed by atoms with Gasteiger partial charge >= 0.3 is 0 Å². The van der Waals surface area contributed by atoms with Crippen LogP contribution in [0, 0.1) is 0 Å². The van der Waals surface area contributed by atoms with Gasteiger partial charge in [0, 0.05) is 45.5 Å². The summed E-state index contributed by atoms with van der Waals surface area (Å²) >= 11 is 0. The minimum atomic E-state index is -0.552. The molecular weight excluding hydrogens is 412 g/mol. The summed E-state index contributed by atoms with van der Waals surface area (Å²) in [5, 5.41) is 0. The SMILES string of the molecule is CC(=O)N1CCCC2(CC1)CC(=O)c1cc(C=CC(=O)NOC3CCCCO3)ccc1O2. The van der Waals surface area contributed by atoms with E-state index in [4.69, 9.17) is 14.3 Å². The summed E-state index contributed by atoms with van der Waals surface area (Å²) in [4.78, 5) is 43.8.